The topological polar surface area (TPSA) is 255 Å². The first-order valence-corrected chi connectivity index (χ1v) is 21.6. The minimum absolute atomic E-state index is 0.0135. The zero-order valence-corrected chi connectivity index (χ0v) is 36.8. The molecule has 3 rings (SSSR count). The van der Waals surface area contributed by atoms with Gasteiger partial charge in [0, 0.05) is 77.9 Å². The van der Waals surface area contributed by atoms with Crippen molar-refractivity contribution in [2.24, 2.45) is 0 Å². The molecule has 3 unspecified atom stereocenters. The molecule has 3 heterocycles. The monoisotopic (exact) mass is 876 g/mol. The fourth-order valence-electron chi connectivity index (χ4n) is 6.12. The molecule has 0 radical (unpaired) electrons. The summed E-state index contributed by atoms with van der Waals surface area (Å²) in [6, 6.07) is -3.26. The van der Waals surface area contributed by atoms with Crippen LogP contribution in [0.1, 0.15) is 99.3 Å². The van der Waals surface area contributed by atoms with Gasteiger partial charge in [0.1, 0.15) is 18.1 Å². The summed E-state index contributed by atoms with van der Waals surface area (Å²) in [7, 11) is 0. The van der Waals surface area contributed by atoms with E-state index >= 15 is 0 Å². The van der Waals surface area contributed by atoms with Crippen molar-refractivity contribution in [3.63, 3.8) is 0 Å². The second-order valence-electron chi connectivity index (χ2n) is 14.8. The third-order valence-electron chi connectivity index (χ3n) is 9.26. The minimum Gasteiger partial charge on any atom is -0.464 e. The van der Waals surface area contributed by atoms with Crippen molar-refractivity contribution < 1.29 is 69.0 Å². The van der Waals surface area contributed by atoms with Crippen LogP contribution in [0.2, 0.25) is 0 Å². The summed E-state index contributed by atoms with van der Waals surface area (Å²) in [5, 5.41) is 10.4. The molecule has 21 nitrogen and oxygen atoms in total. The van der Waals surface area contributed by atoms with E-state index in [1.165, 1.54) is 39.0 Å². The van der Waals surface area contributed by atoms with E-state index in [0.717, 1.165) is 15.2 Å². The number of rotatable bonds is 3. The number of ether oxygens (including phenoxy) is 3. The SMILES string of the molecule is CC(=O)NC1CCCN2[O][Al]3[O]N(CCCC(NC(C)=O)C(=O)OCCC(C)=CC(=O)N(CCCC(NC(C)=O)C(=O)OCCC(C)=CC2=O)[O]3)C(=O)C=C(C)CCOC1=O. The molecule has 0 saturated heterocycles. The van der Waals surface area contributed by atoms with E-state index in [1.54, 1.807) is 20.8 Å². The maximum absolute atomic E-state index is 14.0. The number of nitrogens with zero attached hydrogens (tertiary/aromatic N) is 3. The Bertz CT molecular complexity index is 1540. The Labute approximate surface area is 359 Å². The zero-order valence-electron chi connectivity index (χ0n) is 35.6. The lowest BCUT2D eigenvalue weighted by atomic mass is 10.1. The molecule has 0 aromatic rings. The molecule has 0 aromatic heterocycles. The summed E-state index contributed by atoms with van der Waals surface area (Å²) < 4.78 is 35.0. The van der Waals surface area contributed by atoms with E-state index in [-0.39, 0.29) is 97.2 Å². The van der Waals surface area contributed by atoms with Gasteiger partial charge in [-0.2, -0.15) is 0 Å². The smallest absolute Gasteiger partial charge is 0.464 e. The van der Waals surface area contributed by atoms with Gasteiger partial charge < -0.3 is 41.8 Å². The van der Waals surface area contributed by atoms with Crippen LogP contribution in [0.5, 0.6) is 0 Å². The summed E-state index contributed by atoms with van der Waals surface area (Å²) in [6.45, 7) is 7.54. The average molecular weight is 877 g/mol. The molecule has 0 fully saturated rings. The first-order valence-electron chi connectivity index (χ1n) is 20.2. The highest BCUT2D eigenvalue weighted by molar-refractivity contribution is 6.36. The molecule has 0 aromatic carbocycles. The van der Waals surface area contributed by atoms with Gasteiger partial charge in [0.2, 0.25) is 17.7 Å². The van der Waals surface area contributed by atoms with Crippen molar-refractivity contribution in [1.29, 1.82) is 0 Å². The van der Waals surface area contributed by atoms with Crippen LogP contribution in [0.25, 0.3) is 0 Å². The second kappa shape index (κ2) is 25.6. The van der Waals surface area contributed by atoms with E-state index in [4.69, 9.17) is 25.9 Å². The molecule has 3 N–H and O–H groups in total. The molecule has 3 aliphatic rings. The number of fused-ring (bicyclic) bond motifs is 3. The zero-order chi connectivity index (χ0) is 45.1. The van der Waals surface area contributed by atoms with Crippen molar-refractivity contribution in [1.82, 2.24) is 31.1 Å². The van der Waals surface area contributed by atoms with Crippen LogP contribution < -0.4 is 16.0 Å². The van der Waals surface area contributed by atoms with Gasteiger partial charge in [0.25, 0.3) is 17.7 Å². The Kier molecular flexibility index (Phi) is 21.1. The van der Waals surface area contributed by atoms with E-state index in [1.807, 2.05) is 0 Å². The Morgan fingerprint density at radius 1 is 0.508 bits per heavy atom. The third kappa shape index (κ3) is 18.6. The molecule has 0 spiro atoms. The lowest BCUT2D eigenvalue weighted by molar-refractivity contribution is -0.210. The summed E-state index contributed by atoms with van der Waals surface area (Å²) in [6.07, 6.45) is 4.26. The van der Waals surface area contributed by atoms with E-state index in [9.17, 15) is 43.2 Å². The lowest BCUT2D eigenvalue weighted by Crippen LogP contribution is -2.50. The Morgan fingerprint density at radius 2 is 0.770 bits per heavy atom. The molecule has 61 heavy (non-hydrogen) atoms. The normalized spacial score (nSPS) is 23.5. The summed E-state index contributed by atoms with van der Waals surface area (Å²) >= 11 is -3.98. The average Bonchev–Trinajstić information content (AvgIpc) is 3.16. The van der Waals surface area contributed by atoms with Gasteiger partial charge in [0.05, 0.1) is 19.8 Å². The number of hydroxylamine groups is 6. The van der Waals surface area contributed by atoms with Crippen LogP contribution >= 0.6 is 0 Å². The molecule has 4 bridgehead atoms. The molecule has 0 saturated carbocycles. The van der Waals surface area contributed by atoms with Crippen LogP contribution in [-0.4, -0.2) is 141 Å². The van der Waals surface area contributed by atoms with Crippen molar-refractivity contribution in [2.45, 2.75) is 117 Å². The van der Waals surface area contributed by atoms with Gasteiger partial charge >= 0.3 is 33.1 Å². The Balaban J connectivity index is 2.21. The highest BCUT2D eigenvalue weighted by atomic mass is 27.3. The van der Waals surface area contributed by atoms with Crippen molar-refractivity contribution >= 4 is 68.5 Å². The van der Waals surface area contributed by atoms with Crippen LogP contribution in [0, 0.1) is 0 Å². The van der Waals surface area contributed by atoms with Crippen molar-refractivity contribution in [3.05, 3.63) is 34.9 Å². The fourth-order valence-corrected chi connectivity index (χ4v) is 7.49. The largest absolute Gasteiger partial charge is 0.976 e. The molecule has 336 valence electrons. The van der Waals surface area contributed by atoms with Gasteiger partial charge in [-0.3, -0.25) is 28.8 Å². The highest BCUT2D eigenvalue weighted by Crippen LogP contribution is 2.17. The molecular weight excluding hydrogens is 819 g/mol. The summed E-state index contributed by atoms with van der Waals surface area (Å²) in [4.78, 5) is 117. The van der Waals surface area contributed by atoms with Gasteiger partial charge in [0.15, 0.2) is 0 Å². The van der Waals surface area contributed by atoms with Gasteiger partial charge in [-0.1, -0.05) is 16.7 Å². The Hall–Kier alpha value is -5.14. The predicted molar refractivity (Wildman–Crippen MR) is 213 cm³/mol. The maximum Gasteiger partial charge on any atom is 0.976 e. The molecular formula is C39H57AlN6O15. The standard InChI is InChI=1S/C39H57N6O15.Al/c1-25-13-19-58-37(52)31(40-28(4)46)11-8-17-44(56)35(50)23-27(3)15-21-60-39(54)33(42-30(6)48)12-9-18-45(57)36(51)24-26(2)14-20-59-38(53)32(41-29(5)47)10-7-16-43(55)34(49)22-25;/h22-24,31-33H,7-21H2,1-6H3,(H,40,46)(H,41,47)(H,42,48);/q-3;+3. The van der Waals surface area contributed by atoms with Crippen LogP contribution in [-0.2, 0) is 69.0 Å². The number of carbonyl (C=O) groups is 9. The summed E-state index contributed by atoms with van der Waals surface area (Å²) in [5.41, 5.74) is 1.37. The quantitative estimate of drug-likeness (QED) is 0.201. The van der Waals surface area contributed by atoms with E-state index in [2.05, 4.69) is 16.0 Å². The number of hydrogen-bond donors (Lipinski definition) is 3. The van der Waals surface area contributed by atoms with Crippen LogP contribution in [0.15, 0.2) is 34.9 Å². The third-order valence-corrected chi connectivity index (χ3v) is 10.5. The number of hydrogen-bond acceptors (Lipinski definition) is 15. The Morgan fingerprint density at radius 3 is 1.02 bits per heavy atom. The number of cyclic esters (lactones) is 3. The lowest BCUT2D eigenvalue weighted by Gasteiger charge is -2.31. The van der Waals surface area contributed by atoms with Crippen LogP contribution in [0.3, 0.4) is 0 Å². The maximum atomic E-state index is 14.0. The van der Waals surface area contributed by atoms with Crippen molar-refractivity contribution in [2.75, 3.05) is 39.5 Å². The molecule has 6 amide bonds. The molecule has 3 aliphatic heterocycles. The number of nitrogens with one attached hydrogen (secondary N) is 3. The summed E-state index contributed by atoms with van der Waals surface area (Å²) in [5.74, 6) is -5.89. The molecule has 22 heteroatoms. The first kappa shape index (κ1) is 50.2. The minimum atomic E-state index is -3.98. The van der Waals surface area contributed by atoms with E-state index in [0.29, 0.717) is 16.7 Å². The number of esters is 3. The second-order valence-corrected chi connectivity index (χ2v) is 16.0. The first-order chi connectivity index (χ1) is 28.9. The van der Waals surface area contributed by atoms with Gasteiger partial charge in [-0.25, -0.2) is 29.6 Å². The van der Waals surface area contributed by atoms with Gasteiger partial charge in [-0.05, 0) is 59.3 Å². The van der Waals surface area contributed by atoms with Crippen molar-refractivity contribution in [3.8, 4) is 0 Å². The highest BCUT2D eigenvalue weighted by Gasteiger charge is 2.44. The van der Waals surface area contributed by atoms with E-state index < -0.39 is 86.6 Å². The fraction of sp³-hybridized carbons (Fsp3) is 0.615. The molecule has 3 atom stereocenters. The number of amides is 6. The van der Waals surface area contributed by atoms with Crippen LogP contribution in [0.4, 0.5) is 0 Å². The molecule has 0 aliphatic carbocycles. The predicted octanol–water partition coefficient (Wildman–Crippen LogP) is 0.786. The van der Waals surface area contributed by atoms with Gasteiger partial charge in [-0.15, -0.1) is 0 Å². The number of carbonyl (C=O) groups excluding carboxylic acids is 9.